The number of halogens is 1. The van der Waals surface area contributed by atoms with Gasteiger partial charge >= 0.3 is 0 Å². The SMILES string of the molecule is OCC1(CNCc2cn[nH]c2-c2ccccc2F)COC1. The van der Waals surface area contributed by atoms with Crippen molar-refractivity contribution in [2.45, 2.75) is 6.54 Å². The molecule has 1 saturated heterocycles. The molecule has 3 N–H and O–H groups in total. The van der Waals surface area contributed by atoms with Gasteiger partial charge in [-0.15, -0.1) is 0 Å². The summed E-state index contributed by atoms with van der Waals surface area (Å²) in [5, 5.41) is 19.5. The zero-order valence-electron chi connectivity index (χ0n) is 11.6. The standard InChI is InChI=1S/C15H18FN3O2/c16-13-4-2-1-3-12(13)14-11(6-18-19-14)5-17-7-15(8-20)9-21-10-15/h1-4,6,17,20H,5,7-10H2,(H,18,19). The monoisotopic (exact) mass is 291 g/mol. The number of nitrogens with zero attached hydrogens (tertiary/aromatic N) is 1. The second-order valence-electron chi connectivity index (χ2n) is 5.50. The Hall–Kier alpha value is -1.76. The predicted octanol–water partition coefficient (Wildman–Crippen LogP) is 1.31. The summed E-state index contributed by atoms with van der Waals surface area (Å²) in [6, 6.07) is 6.61. The van der Waals surface area contributed by atoms with Gasteiger partial charge in [-0.1, -0.05) is 12.1 Å². The molecule has 6 heteroatoms. The molecular weight excluding hydrogens is 273 g/mol. The molecule has 1 aliphatic rings. The first-order chi connectivity index (χ1) is 10.2. The number of aromatic amines is 1. The number of hydrogen-bond acceptors (Lipinski definition) is 4. The van der Waals surface area contributed by atoms with Crippen molar-refractivity contribution in [2.24, 2.45) is 5.41 Å². The number of H-pyrrole nitrogens is 1. The lowest BCUT2D eigenvalue weighted by Gasteiger charge is -2.40. The van der Waals surface area contributed by atoms with E-state index in [-0.39, 0.29) is 17.8 Å². The van der Waals surface area contributed by atoms with Crippen molar-refractivity contribution >= 4 is 0 Å². The van der Waals surface area contributed by atoms with Crippen LogP contribution in [0.4, 0.5) is 4.39 Å². The van der Waals surface area contributed by atoms with E-state index in [2.05, 4.69) is 15.5 Å². The van der Waals surface area contributed by atoms with Crippen LogP contribution in [0.25, 0.3) is 11.3 Å². The highest BCUT2D eigenvalue weighted by Gasteiger charge is 2.37. The van der Waals surface area contributed by atoms with Crippen LogP contribution in [0.15, 0.2) is 30.5 Å². The number of aliphatic hydroxyl groups excluding tert-OH is 1. The number of rotatable bonds is 6. The summed E-state index contributed by atoms with van der Waals surface area (Å²) < 4.78 is 19.0. The first kappa shape index (κ1) is 14.2. The van der Waals surface area contributed by atoms with Crippen molar-refractivity contribution in [1.82, 2.24) is 15.5 Å². The Morgan fingerprint density at radius 1 is 1.38 bits per heavy atom. The quantitative estimate of drug-likeness (QED) is 0.750. The van der Waals surface area contributed by atoms with Gasteiger partial charge < -0.3 is 15.2 Å². The lowest BCUT2D eigenvalue weighted by Crippen LogP contribution is -2.52. The van der Waals surface area contributed by atoms with Gasteiger partial charge in [-0.3, -0.25) is 5.10 Å². The minimum absolute atomic E-state index is 0.103. The van der Waals surface area contributed by atoms with Crippen LogP contribution >= 0.6 is 0 Å². The number of aliphatic hydroxyl groups is 1. The van der Waals surface area contributed by atoms with Crippen molar-refractivity contribution in [3.63, 3.8) is 0 Å². The van der Waals surface area contributed by atoms with Crippen molar-refractivity contribution in [3.8, 4) is 11.3 Å². The van der Waals surface area contributed by atoms with Gasteiger partial charge in [0, 0.05) is 24.2 Å². The summed E-state index contributed by atoms with van der Waals surface area (Å²) >= 11 is 0. The molecule has 2 heterocycles. The van der Waals surface area contributed by atoms with Crippen molar-refractivity contribution in [2.75, 3.05) is 26.4 Å². The maximum absolute atomic E-state index is 13.8. The van der Waals surface area contributed by atoms with E-state index in [1.165, 1.54) is 6.07 Å². The van der Waals surface area contributed by atoms with E-state index in [4.69, 9.17) is 4.74 Å². The Morgan fingerprint density at radius 3 is 2.86 bits per heavy atom. The molecule has 1 aromatic carbocycles. The van der Waals surface area contributed by atoms with Gasteiger partial charge in [0.25, 0.3) is 0 Å². The summed E-state index contributed by atoms with van der Waals surface area (Å²) in [6.07, 6.45) is 1.69. The molecule has 1 fully saturated rings. The van der Waals surface area contributed by atoms with E-state index in [1.54, 1.807) is 24.4 Å². The fourth-order valence-corrected chi connectivity index (χ4v) is 2.44. The van der Waals surface area contributed by atoms with Crippen LogP contribution in [0.5, 0.6) is 0 Å². The number of aromatic nitrogens is 2. The normalized spacial score (nSPS) is 16.7. The first-order valence-corrected chi connectivity index (χ1v) is 6.91. The average molecular weight is 291 g/mol. The van der Waals surface area contributed by atoms with Gasteiger partial charge in [-0.25, -0.2) is 4.39 Å². The summed E-state index contributed by atoms with van der Waals surface area (Å²) in [7, 11) is 0. The van der Waals surface area contributed by atoms with Crippen LogP contribution in [-0.2, 0) is 11.3 Å². The van der Waals surface area contributed by atoms with E-state index in [1.807, 2.05) is 0 Å². The molecule has 1 aliphatic heterocycles. The lowest BCUT2D eigenvalue weighted by atomic mass is 9.87. The highest BCUT2D eigenvalue weighted by molar-refractivity contribution is 5.63. The third-order valence-electron chi connectivity index (χ3n) is 3.83. The molecule has 3 rings (SSSR count). The lowest BCUT2D eigenvalue weighted by molar-refractivity contribution is -0.134. The third-order valence-corrected chi connectivity index (χ3v) is 3.83. The summed E-state index contributed by atoms with van der Waals surface area (Å²) in [4.78, 5) is 0. The maximum atomic E-state index is 13.8. The molecule has 0 amide bonds. The molecular formula is C15H18FN3O2. The smallest absolute Gasteiger partial charge is 0.132 e. The van der Waals surface area contributed by atoms with E-state index in [0.717, 1.165) is 5.56 Å². The van der Waals surface area contributed by atoms with E-state index >= 15 is 0 Å². The van der Waals surface area contributed by atoms with E-state index < -0.39 is 0 Å². The average Bonchev–Trinajstić information content (AvgIpc) is 2.90. The number of hydrogen-bond donors (Lipinski definition) is 3. The summed E-state index contributed by atoms with van der Waals surface area (Å²) in [5.74, 6) is -0.276. The van der Waals surface area contributed by atoms with Gasteiger partial charge in [-0.2, -0.15) is 5.10 Å². The van der Waals surface area contributed by atoms with Crippen LogP contribution < -0.4 is 5.32 Å². The summed E-state index contributed by atoms with van der Waals surface area (Å²) in [5.41, 5.74) is 1.91. The van der Waals surface area contributed by atoms with Crippen LogP contribution in [0.1, 0.15) is 5.56 Å². The van der Waals surface area contributed by atoms with Crippen LogP contribution in [0, 0.1) is 11.2 Å². The largest absolute Gasteiger partial charge is 0.396 e. The molecule has 0 saturated carbocycles. The Labute approximate surface area is 122 Å². The molecule has 0 unspecified atom stereocenters. The Morgan fingerprint density at radius 2 is 2.19 bits per heavy atom. The summed E-state index contributed by atoms with van der Waals surface area (Å²) in [6.45, 7) is 2.46. The number of nitrogens with one attached hydrogen (secondary N) is 2. The Kier molecular flexibility index (Phi) is 4.01. The molecule has 0 spiro atoms. The third kappa shape index (κ3) is 2.83. The van der Waals surface area contributed by atoms with Crippen molar-refractivity contribution in [3.05, 3.63) is 41.8 Å². The minimum Gasteiger partial charge on any atom is -0.396 e. The van der Waals surface area contributed by atoms with Crippen molar-refractivity contribution in [1.29, 1.82) is 0 Å². The molecule has 0 bridgehead atoms. The molecule has 1 aromatic heterocycles. The Bertz CT molecular complexity index is 605. The Balaban J connectivity index is 1.67. The maximum Gasteiger partial charge on any atom is 0.132 e. The molecule has 5 nitrogen and oxygen atoms in total. The first-order valence-electron chi connectivity index (χ1n) is 6.91. The second kappa shape index (κ2) is 5.93. The highest BCUT2D eigenvalue weighted by atomic mass is 19.1. The predicted molar refractivity (Wildman–Crippen MR) is 76.0 cm³/mol. The van der Waals surface area contributed by atoms with E-state index in [9.17, 15) is 9.50 Å². The molecule has 2 aromatic rings. The van der Waals surface area contributed by atoms with Crippen LogP contribution in [0.3, 0.4) is 0 Å². The van der Waals surface area contributed by atoms with E-state index in [0.29, 0.717) is 37.6 Å². The highest BCUT2D eigenvalue weighted by Crippen LogP contribution is 2.27. The topological polar surface area (TPSA) is 70.2 Å². The second-order valence-corrected chi connectivity index (χ2v) is 5.50. The van der Waals surface area contributed by atoms with Gasteiger partial charge in [0.1, 0.15) is 5.82 Å². The van der Waals surface area contributed by atoms with Gasteiger partial charge in [0.2, 0.25) is 0 Å². The minimum atomic E-state index is -0.276. The molecule has 0 radical (unpaired) electrons. The molecule has 112 valence electrons. The van der Waals surface area contributed by atoms with Gasteiger partial charge in [0.05, 0.1) is 37.1 Å². The van der Waals surface area contributed by atoms with Gasteiger partial charge in [-0.05, 0) is 12.1 Å². The number of ether oxygens (including phenoxy) is 1. The molecule has 0 atom stereocenters. The number of benzene rings is 1. The van der Waals surface area contributed by atoms with Gasteiger partial charge in [0.15, 0.2) is 0 Å². The fraction of sp³-hybridized carbons (Fsp3) is 0.400. The van der Waals surface area contributed by atoms with Crippen LogP contribution in [-0.4, -0.2) is 41.7 Å². The van der Waals surface area contributed by atoms with Crippen molar-refractivity contribution < 1.29 is 14.2 Å². The zero-order valence-corrected chi connectivity index (χ0v) is 11.6. The molecule has 21 heavy (non-hydrogen) atoms. The fourth-order valence-electron chi connectivity index (χ4n) is 2.44. The van der Waals surface area contributed by atoms with Crippen LogP contribution in [0.2, 0.25) is 0 Å². The zero-order chi connectivity index (χ0) is 14.7. The molecule has 0 aliphatic carbocycles.